The van der Waals surface area contributed by atoms with E-state index in [1.807, 2.05) is 0 Å². The van der Waals surface area contributed by atoms with Crippen LogP contribution in [0.5, 0.6) is 0 Å². The zero-order valence-electron chi connectivity index (χ0n) is 41.1. The van der Waals surface area contributed by atoms with Gasteiger partial charge in [0.15, 0.2) is 6.29 Å². The number of aliphatic hydroxyl groups is 3. The second-order valence-corrected chi connectivity index (χ2v) is 19.1. The second kappa shape index (κ2) is 43.6. The van der Waals surface area contributed by atoms with Crippen LogP contribution < -0.4 is 0 Å². The van der Waals surface area contributed by atoms with E-state index >= 15 is 0 Å². The minimum atomic E-state index is -5.07. The average Bonchev–Trinajstić information content (AvgIpc) is 3.28. The standard InChI is InChI=1S/C52H96O12S/c1-3-5-7-9-11-13-15-17-19-21-22-23-24-26-28-30-32-34-36-38-40-42-60-44-46(45-61-52-50(56)51(64-65(57,58)59)49(55)47(43-53)63-52)62-48(54)41-39-37-35-33-31-29-27-25-20-18-16-14-12-10-8-6-4-2/h6,8,12,14,18,20,46-47,49-53,55-56H,3-5,7,9-11,13,15-17,19,21-45H2,1-2H3,(H,57,58,59)/b8-6-,14-12-,20-18-. The molecule has 0 aromatic heterocycles. The summed E-state index contributed by atoms with van der Waals surface area (Å²) in [6.45, 7) is 3.91. The maximum atomic E-state index is 12.9. The number of allylic oxidation sites excluding steroid dienone is 6. The smallest absolute Gasteiger partial charge is 0.397 e. The summed E-state index contributed by atoms with van der Waals surface area (Å²) in [5.41, 5.74) is 0. The van der Waals surface area contributed by atoms with E-state index in [-0.39, 0.29) is 19.6 Å². The molecular weight excluding hydrogens is 849 g/mol. The molecule has 0 aromatic rings. The van der Waals surface area contributed by atoms with Gasteiger partial charge in [-0.3, -0.25) is 9.35 Å². The van der Waals surface area contributed by atoms with Crippen LogP contribution in [0.2, 0.25) is 0 Å². The predicted octanol–water partition coefficient (Wildman–Crippen LogP) is 12.1. The van der Waals surface area contributed by atoms with E-state index in [1.165, 1.54) is 128 Å². The van der Waals surface area contributed by atoms with E-state index in [0.29, 0.717) is 13.0 Å². The summed E-state index contributed by atoms with van der Waals surface area (Å²) in [6, 6.07) is 0. The molecule has 65 heavy (non-hydrogen) atoms. The molecule has 0 saturated carbocycles. The van der Waals surface area contributed by atoms with E-state index in [9.17, 15) is 33.1 Å². The topological polar surface area (TPSA) is 178 Å². The second-order valence-electron chi connectivity index (χ2n) is 18.1. The van der Waals surface area contributed by atoms with Crippen molar-refractivity contribution in [3.8, 4) is 0 Å². The van der Waals surface area contributed by atoms with Crippen molar-refractivity contribution in [2.24, 2.45) is 0 Å². The first kappa shape index (κ1) is 61.3. The fraction of sp³-hybridized carbons (Fsp3) is 0.865. The zero-order valence-corrected chi connectivity index (χ0v) is 41.9. The Balaban J connectivity index is 2.34. The SMILES string of the molecule is CC/C=C\C/C=C\C/C=C\CCCCCCCCCC(=O)OC(COCCCCCCCCCCCCCCCCCCCCCCC)COC1OC(CO)C(O)C(OS(=O)(=O)O)C1O. The fourth-order valence-corrected chi connectivity index (χ4v) is 8.61. The lowest BCUT2D eigenvalue weighted by Crippen LogP contribution is -2.60. The van der Waals surface area contributed by atoms with Crippen molar-refractivity contribution in [2.75, 3.05) is 26.4 Å². The molecule has 6 unspecified atom stereocenters. The van der Waals surface area contributed by atoms with E-state index in [2.05, 4.69) is 54.5 Å². The number of ether oxygens (including phenoxy) is 4. The van der Waals surface area contributed by atoms with Crippen LogP contribution in [0.15, 0.2) is 36.5 Å². The minimum absolute atomic E-state index is 0.0350. The highest BCUT2D eigenvalue weighted by Crippen LogP contribution is 2.26. The lowest BCUT2D eigenvalue weighted by molar-refractivity contribution is -0.301. The summed E-state index contributed by atoms with van der Waals surface area (Å²) < 4.78 is 59.3. The van der Waals surface area contributed by atoms with Gasteiger partial charge in [0, 0.05) is 13.0 Å². The summed E-state index contributed by atoms with van der Waals surface area (Å²) in [7, 11) is -5.07. The van der Waals surface area contributed by atoms with Gasteiger partial charge in [-0.2, -0.15) is 8.42 Å². The number of aliphatic hydroxyl groups excluding tert-OH is 3. The molecule has 0 aromatic carbocycles. The summed E-state index contributed by atoms with van der Waals surface area (Å²) in [5.74, 6) is -0.406. The molecule has 1 aliphatic rings. The van der Waals surface area contributed by atoms with Gasteiger partial charge in [0.2, 0.25) is 0 Å². The lowest BCUT2D eigenvalue weighted by atomic mass is 9.99. The Morgan fingerprint density at radius 2 is 1.06 bits per heavy atom. The third kappa shape index (κ3) is 37.0. The molecule has 0 amide bonds. The number of esters is 1. The van der Waals surface area contributed by atoms with Crippen LogP contribution in [-0.2, 0) is 38.3 Å². The molecule has 12 nitrogen and oxygen atoms in total. The van der Waals surface area contributed by atoms with E-state index < -0.39 is 59.8 Å². The van der Waals surface area contributed by atoms with Gasteiger partial charge in [-0.15, -0.1) is 0 Å². The van der Waals surface area contributed by atoms with Gasteiger partial charge in [0.1, 0.15) is 30.5 Å². The Kier molecular flexibility index (Phi) is 41.1. The molecular formula is C52H96O12S. The Morgan fingerprint density at radius 1 is 0.600 bits per heavy atom. The van der Waals surface area contributed by atoms with Crippen LogP contribution in [0.1, 0.15) is 226 Å². The predicted molar refractivity (Wildman–Crippen MR) is 262 cm³/mol. The van der Waals surface area contributed by atoms with Crippen LogP contribution in [0, 0.1) is 0 Å². The van der Waals surface area contributed by atoms with E-state index in [1.54, 1.807) is 0 Å². The van der Waals surface area contributed by atoms with Crippen LogP contribution in [0.3, 0.4) is 0 Å². The van der Waals surface area contributed by atoms with Crippen LogP contribution in [0.25, 0.3) is 0 Å². The monoisotopic (exact) mass is 945 g/mol. The van der Waals surface area contributed by atoms with Crippen molar-refractivity contribution >= 4 is 16.4 Å². The molecule has 4 N–H and O–H groups in total. The Bertz CT molecular complexity index is 1270. The van der Waals surface area contributed by atoms with Gasteiger partial charge in [0.25, 0.3) is 0 Å². The largest absolute Gasteiger partial charge is 0.457 e. The molecule has 0 spiro atoms. The van der Waals surface area contributed by atoms with Gasteiger partial charge < -0.3 is 34.3 Å². The molecule has 0 aliphatic carbocycles. The quantitative estimate of drug-likeness (QED) is 0.0197. The van der Waals surface area contributed by atoms with Gasteiger partial charge >= 0.3 is 16.4 Å². The average molecular weight is 945 g/mol. The number of unbranched alkanes of at least 4 members (excludes halogenated alkanes) is 27. The molecule has 1 aliphatic heterocycles. The zero-order chi connectivity index (χ0) is 47.5. The van der Waals surface area contributed by atoms with E-state index in [0.717, 1.165) is 70.6 Å². The molecule has 0 bridgehead atoms. The first-order chi connectivity index (χ1) is 31.6. The first-order valence-corrected chi connectivity index (χ1v) is 27.6. The highest BCUT2D eigenvalue weighted by atomic mass is 32.3. The van der Waals surface area contributed by atoms with Crippen LogP contribution >= 0.6 is 0 Å². The maximum absolute atomic E-state index is 12.9. The van der Waals surface area contributed by atoms with Crippen molar-refractivity contribution in [2.45, 2.75) is 263 Å². The fourth-order valence-electron chi connectivity index (χ4n) is 8.10. The van der Waals surface area contributed by atoms with Gasteiger partial charge in [-0.05, 0) is 44.9 Å². The molecule has 13 heteroatoms. The number of carbonyl (C=O) groups excluding carboxylic acids is 1. The molecule has 382 valence electrons. The Hall–Kier alpha value is -1.68. The van der Waals surface area contributed by atoms with Crippen LogP contribution in [-0.4, -0.2) is 97.5 Å². The molecule has 0 radical (unpaired) electrons. The van der Waals surface area contributed by atoms with Gasteiger partial charge in [-0.25, -0.2) is 4.18 Å². The molecule has 6 atom stereocenters. The van der Waals surface area contributed by atoms with Crippen molar-refractivity contribution in [1.82, 2.24) is 0 Å². The Morgan fingerprint density at radius 3 is 1.55 bits per heavy atom. The third-order valence-electron chi connectivity index (χ3n) is 12.0. The lowest BCUT2D eigenvalue weighted by Gasteiger charge is -2.41. The normalized spacial score (nSPS) is 19.9. The highest BCUT2D eigenvalue weighted by molar-refractivity contribution is 7.80. The molecule has 1 heterocycles. The summed E-state index contributed by atoms with van der Waals surface area (Å²) in [5, 5.41) is 30.8. The highest BCUT2D eigenvalue weighted by Gasteiger charge is 2.48. The van der Waals surface area contributed by atoms with Gasteiger partial charge in [0.05, 0.1) is 19.8 Å². The maximum Gasteiger partial charge on any atom is 0.397 e. The summed E-state index contributed by atoms with van der Waals surface area (Å²) in [4.78, 5) is 12.9. The van der Waals surface area contributed by atoms with Crippen molar-refractivity contribution in [1.29, 1.82) is 0 Å². The molecule has 1 fully saturated rings. The van der Waals surface area contributed by atoms with Crippen LogP contribution in [0.4, 0.5) is 0 Å². The van der Waals surface area contributed by atoms with E-state index in [4.69, 9.17) is 18.9 Å². The number of hydrogen-bond donors (Lipinski definition) is 4. The van der Waals surface area contributed by atoms with Crippen molar-refractivity contribution in [3.63, 3.8) is 0 Å². The van der Waals surface area contributed by atoms with Crippen molar-refractivity contribution in [3.05, 3.63) is 36.5 Å². The first-order valence-electron chi connectivity index (χ1n) is 26.2. The van der Waals surface area contributed by atoms with Gasteiger partial charge in [-0.1, -0.05) is 211 Å². The molecule has 1 saturated heterocycles. The van der Waals surface area contributed by atoms with Crippen molar-refractivity contribution < 1.29 is 56.2 Å². The third-order valence-corrected chi connectivity index (χ3v) is 12.5. The summed E-state index contributed by atoms with van der Waals surface area (Å²) >= 11 is 0. The number of hydrogen-bond acceptors (Lipinski definition) is 11. The summed E-state index contributed by atoms with van der Waals surface area (Å²) in [6.07, 6.45) is 43.2. The number of rotatable bonds is 46. The minimum Gasteiger partial charge on any atom is -0.457 e. The molecule has 1 rings (SSSR count). The number of carbonyl (C=O) groups is 1. The Labute approximate surface area is 396 Å².